The Morgan fingerprint density at radius 2 is 1.74 bits per heavy atom. The summed E-state index contributed by atoms with van der Waals surface area (Å²) in [5.74, 6) is -2.04. The molecule has 1 aliphatic heterocycles. The maximum atomic E-state index is 13.3. The number of nitrogens with one attached hydrogen (secondary N) is 1. The summed E-state index contributed by atoms with van der Waals surface area (Å²) in [7, 11) is 0. The Morgan fingerprint density at radius 1 is 1.19 bits per heavy atom. The zero-order valence-electron chi connectivity index (χ0n) is 15.0. The van der Waals surface area contributed by atoms with Gasteiger partial charge in [-0.1, -0.05) is 0 Å². The summed E-state index contributed by atoms with van der Waals surface area (Å²) in [4.78, 5) is 3.94. The second-order valence-corrected chi connectivity index (χ2v) is 6.95. The van der Waals surface area contributed by atoms with Crippen LogP contribution < -0.4 is 16.2 Å². The van der Waals surface area contributed by atoms with Crippen molar-refractivity contribution in [3.8, 4) is 5.75 Å². The number of aliphatic hydroxyl groups excluding tert-OH is 1. The Balaban J connectivity index is 2.36. The molecule has 0 saturated carbocycles. The lowest BCUT2D eigenvalue weighted by atomic mass is 10.1. The third-order valence-electron chi connectivity index (χ3n) is 3.40. The molecule has 0 aliphatic carbocycles. The number of nitrogens with two attached hydrogens (primary N) is 2. The Kier molecular flexibility index (Phi) is 5.32. The number of hydrogen-bond donors (Lipinski definition) is 4. The molecule has 0 bridgehead atoms. The molecule has 0 aromatic heterocycles. The normalized spacial score (nSPS) is 17.5. The highest BCUT2D eigenvalue weighted by Crippen LogP contribution is 2.30. The van der Waals surface area contributed by atoms with E-state index in [0.717, 1.165) is 5.01 Å². The molecule has 0 spiro atoms. The molecule has 1 aromatic carbocycles. The topological polar surface area (TPSA) is 133 Å². The van der Waals surface area contributed by atoms with Crippen LogP contribution in [0.4, 0.5) is 18.9 Å². The zero-order chi connectivity index (χ0) is 20.6. The van der Waals surface area contributed by atoms with Crippen molar-refractivity contribution in [3.63, 3.8) is 0 Å². The number of nitrogens with zero attached hydrogens (tertiary/aromatic N) is 3. The lowest BCUT2D eigenvalue weighted by Gasteiger charge is -2.29. The number of alkyl halides is 3. The van der Waals surface area contributed by atoms with Crippen molar-refractivity contribution in [2.24, 2.45) is 21.6 Å². The number of halogens is 3. The van der Waals surface area contributed by atoms with Crippen molar-refractivity contribution >= 4 is 22.9 Å². The molecule has 1 heterocycles. The molecular weight excluding hydrogens is 365 g/mol. The van der Waals surface area contributed by atoms with Crippen LogP contribution in [-0.2, 0) is 0 Å². The van der Waals surface area contributed by atoms with Crippen molar-refractivity contribution in [2.75, 3.05) is 6.61 Å². The van der Waals surface area contributed by atoms with Crippen molar-refractivity contribution in [1.29, 1.82) is 5.41 Å². The average Bonchev–Trinajstić information content (AvgIpc) is 2.86. The van der Waals surface area contributed by atoms with Crippen LogP contribution >= 0.6 is 0 Å². The van der Waals surface area contributed by atoms with Crippen LogP contribution in [0.1, 0.15) is 20.8 Å². The largest absolute Gasteiger partial charge is 0.458 e. The second-order valence-electron chi connectivity index (χ2n) is 6.95. The molecule has 148 valence electrons. The van der Waals surface area contributed by atoms with Gasteiger partial charge < -0.3 is 9.84 Å². The summed E-state index contributed by atoms with van der Waals surface area (Å²) < 4.78 is 45.1. The van der Waals surface area contributed by atoms with Gasteiger partial charge in [0.05, 0.1) is 11.2 Å². The summed E-state index contributed by atoms with van der Waals surface area (Å²) in [5.41, 5.74) is 8.45. The molecular formula is C16H21F3N6O2. The van der Waals surface area contributed by atoms with E-state index >= 15 is 0 Å². The van der Waals surface area contributed by atoms with E-state index in [1.54, 1.807) is 20.8 Å². The number of hydrogen-bond acceptors (Lipinski definition) is 7. The average molecular weight is 386 g/mol. The number of benzene rings is 1. The van der Waals surface area contributed by atoms with Gasteiger partial charge in [-0.2, -0.15) is 18.3 Å². The Bertz CT molecular complexity index is 779. The maximum Gasteiger partial charge on any atom is 0.437 e. The summed E-state index contributed by atoms with van der Waals surface area (Å²) in [6.45, 7) is 4.28. The SMILES string of the molecule is CC(C)(C)N1N=C(C(F)(F)F)C(=Nc2ccc(OC(N)(N)CO)cc2)C1=N. The maximum absolute atomic E-state index is 13.3. The molecule has 0 amide bonds. The van der Waals surface area contributed by atoms with Gasteiger partial charge in [0.1, 0.15) is 18.1 Å². The molecule has 0 atom stereocenters. The van der Waals surface area contributed by atoms with Gasteiger partial charge in [0.25, 0.3) is 0 Å². The highest BCUT2D eigenvalue weighted by Gasteiger charge is 2.48. The van der Waals surface area contributed by atoms with Crippen LogP contribution in [0.5, 0.6) is 5.75 Å². The fraction of sp³-hybridized carbons (Fsp3) is 0.438. The summed E-state index contributed by atoms with van der Waals surface area (Å²) in [6, 6.07) is 5.51. The van der Waals surface area contributed by atoms with Crippen molar-refractivity contribution < 1.29 is 23.0 Å². The Labute approximate surface area is 153 Å². The number of hydrazone groups is 1. The number of amidine groups is 1. The molecule has 1 aromatic rings. The van der Waals surface area contributed by atoms with Gasteiger partial charge in [-0.25, -0.2) is 10.0 Å². The van der Waals surface area contributed by atoms with Crippen LogP contribution in [0.25, 0.3) is 0 Å². The molecule has 0 fully saturated rings. The Morgan fingerprint density at radius 3 is 2.19 bits per heavy atom. The molecule has 11 heteroatoms. The van der Waals surface area contributed by atoms with Gasteiger partial charge in [-0.3, -0.25) is 16.9 Å². The van der Waals surface area contributed by atoms with Crippen molar-refractivity contribution in [1.82, 2.24) is 5.01 Å². The molecule has 0 radical (unpaired) electrons. The molecule has 2 rings (SSSR count). The molecule has 6 N–H and O–H groups in total. The monoisotopic (exact) mass is 386 g/mol. The summed E-state index contributed by atoms with van der Waals surface area (Å²) >= 11 is 0. The van der Waals surface area contributed by atoms with E-state index in [1.807, 2.05) is 0 Å². The molecule has 0 unspecified atom stereocenters. The molecule has 0 saturated heterocycles. The number of rotatable bonds is 4. The number of aliphatic imine (C=N–C) groups is 1. The summed E-state index contributed by atoms with van der Waals surface area (Å²) in [5, 5.41) is 21.6. The number of ether oxygens (including phenoxy) is 1. The zero-order valence-corrected chi connectivity index (χ0v) is 15.0. The Hall–Kier alpha value is -2.50. The summed E-state index contributed by atoms with van der Waals surface area (Å²) in [6.07, 6.45) is -4.76. The van der Waals surface area contributed by atoms with Crippen LogP contribution in [0.15, 0.2) is 34.4 Å². The van der Waals surface area contributed by atoms with Gasteiger partial charge in [0.2, 0.25) is 5.85 Å². The van der Waals surface area contributed by atoms with Gasteiger partial charge in [-0.15, -0.1) is 0 Å². The van der Waals surface area contributed by atoms with Crippen molar-refractivity contribution in [3.05, 3.63) is 24.3 Å². The van der Waals surface area contributed by atoms with Gasteiger partial charge in [0.15, 0.2) is 11.5 Å². The highest BCUT2D eigenvalue weighted by molar-refractivity contribution is 6.70. The highest BCUT2D eigenvalue weighted by atomic mass is 19.4. The van der Waals surface area contributed by atoms with Gasteiger partial charge >= 0.3 is 6.18 Å². The van der Waals surface area contributed by atoms with E-state index in [9.17, 15) is 13.2 Å². The number of aliphatic hydroxyl groups is 1. The van der Waals surface area contributed by atoms with E-state index < -0.39 is 41.4 Å². The minimum absolute atomic E-state index is 0.151. The standard InChI is InChI=1S/C16H21F3N6O2/c1-14(2,3)25-13(20)11(12(24-25)16(17,18)19)23-9-4-6-10(7-5-9)27-15(21,22)8-26/h4-7,20,26H,8,21-22H2,1-3H3. The van der Waals surface area contributed by atoms with Crippen LogP contribution in [-0.4, -0.2) is 51.5 Å². The minimum Gasteiger partial charge on any atom is -0.458 e. The lowest BCUT2D eigenvalue weighted by molar-refractivity contribution is -0.0573. The molecule has 1 aliphatic rings. The van der Waals surface area contributed by atoms with E-state index in [4.69, 9.17) is 26.7 Å². The fourth-order valence-electron chi connectivity index (χ4n) is 2.16. The van der Waals surface area contributed by atoms with Crippen LogP contribution in [0.3, 0.4) is 0 Å². The predicted molar refractivity (Wildman–Crippen MR) is 95.2 cm³/mol. The van der Waals surface area contributed by atoms with Crippen LogP contribution in [0.2, 0.25) is 0 Å². The van der Waals surface area contributed by atoms with E-state index in [1.165, 1.54) is 24.3 Å². The van der Waals surface area contributed by atoms with Gasteiger partial charge in [0, 0.05) is 0 Å². The lowest BCUT2D eigenvalue weighted by Crippen LogP contribution is -2.57. The third kappa shape index (κ3) is 4.81. The molecule has 27 heavy (non-hydrogen) atoms. The van der Waals surface area contributed by atoms with Crippen LogP contribution in [0, 0.1) is 5.41 Å². The third-order valence-corrected chi connectivity index (χ3v) is 3.40. The first-order chi connectivity index (χ1) is 12.2. The van der Waals surface area contributed by atoms with Gasteiger partial charge in [-0.05, 0) is 45.0 Å². The molecule has 8 nitrogen and oxygen atoms in total. The smallest absolute Gasteiger partial charge is 0.437 e. The first-order valence-corrected chi connectivity index (χ1v) is 7.86. The van der Waals surface area contributed by atoms with E-state index in [-0.39, 0.29) is 11.4 Å². The first kappa shape index (κ1) is 20.8. The first-order valence-electron chi connectivity index (χ1n) is 7.86. The fourth-order valence-corrected chi connectivity index (χ4v) is 2.16. The quantitative estimate of drug-likeness (QED) is 0.585. The van der Waals surface area contributed by atoms with Crippen molar-refractivity contribution in [2.45, 2.75) is 38.3 Å². The van der Waals surface area contributed by atoms with E-state index in [0.29, 0.717) is 0 Å². The minimum atomic E-state index is -4.76. The second kappa shape index (κ2) is 6.91. The van der Waals surface area contributed by atoms with E-state index in [2.05, 4.69) is 10.1 Å². The predicted octanol–water partition coefficient (Wildman–Crippen LogP) is 1.71.